The normalized spacial score (nSPS) is 21.0. The van der Waals surface area contributed by atoms with Gasteiger partial charge in [-0.2, -0.15) is 0 Å². The van der Waals surface area contributed by atoms with Crippen LogP contribution in [0.3, 0.4) is 0 Å². The smallest absolute Gasteiger partial charge is 0.683 e. The van der Waals surface area contributed by atoms with Gasteiger partial charge in [0.2, 0.25) is 5.90 Å². The predicted molar refractivity (Wildman–Crippen MR) is 73.8 cm³/mol. The maximum absolute atomic E-state index is 5.77. The molecule has 0 aliphatic carbocycles. The molecule has 2 heterocycles. The number of hydrogen-bond donors (Lipinski definition) is 0. The third-order valence-electron chi connectivity index (χ3n) is 3.67. The minimum Gasteiger partial charge on any atom is -0.683 e. The Morgan fingerprint density at radius 1 is 1.37 bits per heavy atom. The molecule has 0 N–H and O–H groups in total. The Bertz CT molecular complexity index is 485. The largest absolute Gasteiger partial charge is 1.00 e. The van der Waals surface area contributed by atoms with Crippen molar-refractivity contribution in [3.8, 4) is 0 Å². The zero-order valence-electron chi connectivity index (χ0n) is 12.0. The first kappa shape index (κ1) is 14.5. The second-order valence-electron chi connectivity index (χ2n) is 5.36. The summed E-state index contributed by atoms with van der Waals surface area (Å²) < 4.78 is 5.77. The topological polar surface area (TPSA) is 35.7 Å². The maximum Gasteiger partial charge on any atom is 1.00 e. The van der Waals surface area contributed by atoms with Crippen molar-refractivity contribution in [2.45, 2.75) is 32.7 Å². The van der Waals surface area contributed by atoms with Crippen molar-refractivity contribution in [1.29, 1.82) is 0 Å². The van der Waals surface area contributed by atoms with Crippen molar-refractivity contribution < 1.29 is 23.6 Å². The minimum absolute atomic E-state index is 0. The van der Waals surface area contributed by atoms with Crippen molar-refractivity contribution in [3.63, 3.8) is 0 Å². The Kier molecular flexibility index (Phi) is 4.60. The summed E-state index contributed by atoms with van der Waals surface area (Å²) in [5, 5.41) is 4.65. The molecule has 0 radical (unpaired) electrons. The van der Waals surface area contributed by atoms with Crippen LogP contribution in [0.25, 0.3) is 5.32 Å². The Morgan fingerprint density at radius 2 is 2.21 bits per heavy atom. The van der Waals surface area contributed by atoms with Crippen LogP contribution in [0.2, 0.25) is 0 Å². The molecule has 0 saturated heterocycles. The summed E-state index contributed by atoms with van der Waals surface area (Å²) >= 11 is 0. The molecule has 96 valence electrons. The van der Waals surface area contributed by atoms with Gasteiger partial charge in [-0.05, 0) is 12.3 Å². The van der Waals surface area contributed by atoms with Gasteiger partial charge in [0.25, 0.3) is 0 Å². The van der Waals surface area contributed by atoms with Gasteiger partial charge in [0, 0.05) is 5.56 Å². The average molecular weight is 250 g/mol. The second kappa shape index (κ2) is 6.03. The molecule has 1 atom stereocenters. The van der Waals surface area contributed by atoms with Gasteiger partial charge in [-0.1, -0.05) is 44.0 Å². The van der Waals surface area contributed by atoms with Crippen molar-refractivity contribution in [2.24, 2.45) is 10.9 Å². The van der Waals surface area contributed by atoms with Crippen molar-refractivity contribution in [1.82, 2.24) is 0 Å². The van der Waals surface area contributed by atoms with Gasteiger partial charge < -0.3 is 10.1 Å². The number of rotatable bonds is 2. The molecule has 19 heavy (non-hydrogen) atoms. The molecule has 0 spiro atoms. The molecule has 1 aromatic rings. The number of nitrogens with zero attached hydrogens (tertiary/aromatic N) is 2. The molecule has 0 bridgehead atoms. The predicted octanol–water partition coefficient (Wildman–Crippen LogP) is 0.443. The molecule has 2 aliphatic heterocycles. The summed E-state index contributed by atoms with van der Waals surface area (Å²) in [6.45, 7) is 6.00. The van der Waals surface area contributed by atoms with Crippen LogP contribution < -0.4 is 18.9 Å². The summed E-state index contributed by atoms with van der Waals surface area (Å²) in [7, 11) is 0. The third kappa shape index (κ3) is 2.83. The number of aryl methyl sites for hydroxylation is 1. The first-order chi connectivity index (χ1) is 8.75. The standard InChI is InChI=1S/C15H19N2O.Li/c1-10(2)13-9-18-15(17-13)12-7-3-5-11-6-4-8-16-14(11)12;/h3,5,7,10,13H,4,6,8-9H2,1-2H3;/q-1;+1/t13-;/m1./s1. The summed E-state index contributed by atoms with van der Waals surface area (Å²) in [6, 6.07) is 6.62. The summed E-state index contributed by atoms with van der Waals surface area (Å²) in [5.41, 5.74) is 3.51. The fourth-order valence-corrected chi connectivity index (χ4v) is 2.49. The van der Waals surface area contributed by atoms with E-state index < -0.39 is 0 Å². The maximum atomic E-state index is 5.77. The molecule has 0 fully saturated rings. The SMILES string of the molecule is CC(C)[C@H]1COC(c2cccc3c2[N-]CCC3)=N1.[Li+]. The van der Waals surface area contributed by atoms with Crippen molar-refractivity contribution in [3.05, 3.63) is 34.6 Å². The second-order valence-corrected chi connectivity index (χ2v) is 5.36. The van der Waals surface area contributed by atoms with E-state index in [-0.39, 0.29) is 18.9 Å². The van der Waals surface area contributed by atoms with E-state index in [1.807, 2.05) is 0 Å². The van der Waals surface area contributed by atoms with Crippen molar-refractivity contribution in [2.75, 3.05) is 13.2 Å². The van der Waals surface area contributed by atoms with E-state index in [1.165, 1.54) is 5.56 Å². The summed E-state index contributed by atoms with van der Waals surface area (Å²) in [6.07, 6.45) is 2.27. The molecule has 3 nitrogen and oxygen atoms in total. The van der Waals surface area contributed by atoms with E-state index in [9.17, 15) is 0 Å². The van der Waals surface area contributed by atoms with Crippen LogP contribution in [-0.4, -0.2) is 25.1 Å². The molecule has 4 heteroatoms. The molecular formula is C15H19LiN2O. The van der Waals surface area contributed by atoms with E-state index in [0.717, 1.165) is 36.5 Å². The molecule has 3 rings (SSSR count). The first-order valence-corrected chi connectivity index (χ1v) is 6.76. The van der Waals surface area contributed by atoms with Gasteiger partial charge in [-0.25, -0.2) is 4.99 Å². The van der Waals surface area contributed by atoms with Crippen LogP contribution in [0.5, 0.6) is 0 Å². The van der Waals surface area contributed by atoms with Crippen LogP contribution in [0.4, 0.5) is 5.69 Å². The number of aliphatic imine (C=N–C) groups is 1. The number of hydrogen-bond acceptors (Lipinski definition) is 2. The fraction of sp³-hybridized carbons (Fsp3) is 0.533. The van der Waals surface area contributed by atoms with Gasteiger partial charge in [0.15, 0.2) is 0 Å². The Morgan fingerprint density at radius 3 is 2.95 bits per heavy atom. The summed E-state index contributed by atoms with van der Waals surface area (Å²) in [4.78, 5) is 4.70. The van der Waals surface area contributed by atoms with Crippen LogP contribution in [-0.2, 0) is 11.2 Å². The molecule has 1 aromatic carbocycles. The average Bonchev–Trinajstić information content (AvgIpc) is 2.87. The van der Waals surface area contributed by atoms with Gasteiger partial charge in [-0.3, -0.25) is 0 Å². The van der Waals surface area contributed by atoms with E-state index in [2.05, 4.69) is 37.4 Å². The van der Waals surface area contributed by atoms with E-state index in [0.29, 0.717) is 18.6 Å². The number of ether oxygens (including phenoxy) is 1. The molecule has 0 saturated carbocycles. The molecule has 0 amide bonds. The van der Waals surface area contributed by atoms with Gasteiger partial charge in [0.1, 0.15) is 6.61 Å². The van der Waals surface area contributed by atoms with Crippen LogP contribution in [0.15, 0.2) is 23.2 Å². The van der Waals surface area contributed by atoms with E-state index in [4.69, 9.17) is 9.73 Å². The van der Waals surface area contributed by atoms with Gasteiger partial charge in [0.05, 0.1) is 6.04 Å². The molecular weight excluding hydrogens is 231 g/mol. The zero-order valence-corrected chi connectivity index (χ0v) is 12.0. The Labute approximate surface area is 127 Å². The van der Waals surface area contributed by atoms with Crippen LogP contribution in [0, 0.1) is 5.92 Å². The quantitative estimate of drug-likeness (QED) is 0.702. The monoisotopic (exact) mass is 250 g/mol. The minimum atomic E-state index is 0. The van der Waals surface area contributed by atoms with Crippen LogP contribution >= 0.6 is 0 Å². The molecule has 0 unspecified atom stereocenters. The number of fused-ring (bicyclic) bond motifs is 1. The summed E-state index contributed by atoms with van der Waals surface area (Å²) in [5.74, 6) is 1.31. The van der Waals surface area contributed by atoms with E-state index >= 15 is 0 Å². The van der Waals surface area contributed by atoms with Crippen LogP contribution in [0.1, 0.15) is 31.4 Å². The van der Waals surface area contributed by atoms with Gasteiger partial charge in [-0.15, -0.1) is 12.2 Å². The molecule has 0 aromatic heterocycles. The number of benzene rings is 1. The van der Waals surface area contributed by atoms with Crippen molar-refractivity contribution >= 4 is 11.6 Å². The number of para-hydroxylation sites is 1. The van der Waals surface area contributed by atoms with E-state index in [1.54, 1.807) is 0 Å². The van der Waals surface area contributed by atoms with Gasteiger partial charge >= 0.3 is 18.9 Å². The Balaban J connectivity index is 0.00000133. The zero-order chi connectivity index (χ0) is 12.5. The fourth-order valence-electron chi connectivity index (χ4n) is 2.49. The third-order valence-corrected chi connectivity index (χ3v) is 3.67. The Hall–Kier alpha value is -0.913. The molecule has 2 aliphatic rings. The first-order valence-electron chi connectivity index (χ1n) is 6.76.